The van der Waals surface area contributed by atoms with Crippen LogP contribution in [0.25, 0.3) is 21.9 Å². The van der Waals surface area contributed by atoms with Gasteiger partial charge in [-0.1, -0.05) is 48.5 Å². The lowest BCUT2D eigenvalue weighted by atomic mass is 10.0. The molecule has 1 aliphatic carbocycles. The van der Waals surface area contributed by atoms with E-state index in [1.165, 1.54) is 12.8 Å². The van der Waals surface area contributed by atoms with E-state index in [2.05, 4.69) is 17.1 Å². The van der Waals surface area contributed by atoms with Crippen molar-refractivity contribution >= 4 is 34.1 Å². The van der Waals surface area contributed by atoms with E-state index >= 15 is 0 Å². The minimum absolute atomic E-state index is 0.0605. The van der Waals surface area contributed by atoms with E-state index in [0.29, 0.717) is 23.7 Å². The maximum atomic E-state index is 13.6. The molecule has 1 aliphatic heterocycles. The molecule has 2 heterocycles. The Kier molecular flexibility index (Phi) is 5.87. The average Bonchev–Trinajstić information content (AvgIpc) is 3.72. The van der Waals surface area contributed by atoms with Gasteiger partial charge in [0.05, 0.1) is 17.4 Å². The number of rotatable bonds is 4. The molecule has 3 aromatic carbocycles. The third-order valence-corrected chi connectivity index (χ3v) is 7.27. The molecule has 6 rings (SSSR count). The average molecular weight is 492 g/mol. The standard InChI is InChI=1S/C31H29N3O3/c1-20-19-33(31(36)37-30-9-5-7-23-6-3-4-8-27(23)30)29-17-24(13-15-28(29)34(20)21(2)35)25-12-14-26(32-18-25)16-22-10-11-22/h3-9,12-15,17-18,20,22H,10-11,16,19H2,1-2H3/t20-/m0/s1. The summed E-state index contributed by atoms with van der Waals surface area (Å²) in [6, 6.07) is 23.3. The Labute approximate surface area is 216 Å². The van der Waals surface area contributed by atoms with E-state index in [0.717, 1.165) is 39.9 Å². The van der Waals surface area contributed by atoms with Crippen molar-refractivity contribution in [3.05, 3.63) is 84.7 Å². The first kappa shape index (κ1) is 23.2. The van der Waals surface area contributed by atoms with Gasteiger partial charge in [0, 0.05) is 36.3 Å². The van der Waals surface area contributed by atoms with Gasteiger partial charge in [-0.2, -0.15) is 0 Å². The van der Waals surface area contributed by atoms with Crippen molar-refractivity contribution in [2.75, 3.05) is 16.3 Å². The molecule has 37 heavy (non-hydrogen) atoms. The van der Waals surface area contributed by atoms with Crippen LogP contribution in [0.3, 0.4) is 0 Å². The molecule has 6 heteroatoms. The Balaban J connectivity index is 1.35. The van der Waals surface area contributed by atoms with Crippen LogP contribution in [-0.2, 0) is 11.2 Å². The summed E-state index contributed by atoms with van der Waals surface area (Å²) >= 11 is 0. The van der Waals surface area contributed by atoms with Crippen LogP contribution in [0.5, 0.6) is 5.75 Å². The number of fused-ring (bicyclic) bond motifs is 2. The minimum Gasteiger partial charge on any atom is -0.409 e. The molecule has 0 bridgehead atoms. The minimum atomic E-state index is -0.470. The fourth-order valence-electron chi connectivity index (χ4n) is 5.23. The van der Waals surface area contributed by atoms with Crippen LogP contribution >= 0.6 is 0 Å². The quantitative estimate of drug-likeness (QED) is 0.322. The van der Waals surface area contributed by atoms with Crippen LogP contribution in [0.4, 0.5) is 16.2 Å². The number of carbonyl (C=O) groups excluding carboxylic acids is 2. The summed E-state index contributed by atoms with van der Waals surface area (Å²) in [6.45, 7) is 3.83. The third-order valence-electron chi connectivity index (χ3n) is 7.27. The molecular formula is C31H29N3O3. The van der Waals surface area contributed by atoms with Gasteiger partial charge in [-0.05, 0) is 67.3 Å². The molecule has 186 valence electrons. The van der Waals surface area contributed by atoms with E-state index < -0.39 is 6.09 Å². The molecule has 2 aliphatic rings. The van der Waals surface area contributed by atoms with E-state index in [-0.39, 0.29) is 11.9 Å². The molecule has 0 unspecified atom stereocenters. The number of hydrogen-bond acceptors (Lipinski definition) is 4. The van der Waals surface area contributed by atoms with Crippen LogP contribution in [0.15, 0.2) is 79.0 Å². The summed E-state index contributed by atoms with van der Waals surface area (Å²) in [5, 5.41) is 1.88. The van der Waals surface area contributed by atoms with Gasteiger partial charge in [-0.25, -0.2) is 4.79 Å². The monoisotopic (exact) mass is 491 g/mol. The highest BCUT2D eigenvalue weighted by molar-refractivity contribution is 6.04. The molecule has 0 saturated heterocycles. The first-order valence-electron chi connectivity index (χ1n) is 12.8. The van der Waals surface area contributed by atoms with E-state index in [1.807, 2.05) is 73.8 Å². The molecule has 0 spiro atoms. The molecule has 0 radical (unpaired) electrons. The van der Waals surface area contributed by atoms with Crippen LogP contribution in [0, 0.1) is 5.92 Å². The fraction of sp³-hybridized carbons (Fsp3) is 0.258. The van der Waals surface area contributed by atoms with Crippen LogP contribution in [0.1, 0.15) is 32.4 Å². The zero-order valence-corrected chi connectivity index (χ0v) is 21.1. The van der Waals surface area contributed by atoms with Gasteiger partial charge in [0.25, 0.3) is 0 Å². The number of ether oxygens (including phenoxy) is 1. The summed E-state index contributed by atoms with van der Waals surface area (Å²) in [5.41, 5.74) is 4.37. The second kappa shape index (κ2) is 9.36. The lowest BCUT2D eigenvalue weighted by molar-refractivity contribution is -0.117. The van der Waals surface area contributed by atoms with Crippen molar-refractivity contribution in [2.45, 2.75) is 39.2 Å². The van der Waals surface area contributed by atoms with E-state index in [4.69, 9.17) is 4.74 Å². The van der Waals surface area contributed by atoms with Gasteiger partial charge in [-0.3, -0.25) is 14.7 Å². The van der Waals surface area contributed by atoms with Gasteiger partial charge in [0.2, 0.25) is 5.91 Å². The summed E-state index contributed by atoms with van der Waals surface area (Å²) in [4.78, 5) is 34.2. The Hall–Kier alpha value is -4.19. The lowest BCUT2D eigenvalue weighted by Crippen LogP contribution is -2.52. The fourth-order valence-corrected chi connectivity index (χ4v) is 5.23. The predicted molar refractivity (Wildman–Crippen MR) is 146 cm³/mol. The van der Waals surface area contributed by atoms with Gasteiger partial charge in [-0.15, -0.1) is 0 Å². The number of hydrogen-bond donors (Lipinski definition) is 0. The third kappa shape index (κ3) is 4.55. The Morgan fingerprint density at radius 3 is 2.49 bits per heavy atom. The van der Waals surface area contributed by atoms with Gasteiger partial charge < -0.3 is 9.64 Å². The summed E-state index contributed by atoms with van der Waals surface area (Å²) in [5.74, 6) is 1.23. The van der Waals surface area contributed by atoms with Crippen LogP contribution < -0.4 is 14.5 Å². The van der Waals surface area contributed by atoms with Gasteiger partial charge >= 0.3 is 6.09 Å². The molecule has 2 amide bonds. The van der Waals surface area contributed by atoms with Crippen molar-refractivity contribution in [3.63, 3.8) is 0 Å². The zero-order valence-electron chi connectivity index (χ0n) is 21.1. The van der Waals surface area contributed by atoms with Crippen molar-refractivity contribution in [2.24, 2.45) is 5.92 Å². The maximum Gasteiger partial charge on any atom is 0.419 e. The summed E-state index contributed by atoms with van der Waals surface area (Å²) in [6.07, 6.45) is 5.05. The molecule has 0 N–H and O–H groups in total. The summed E-state index contributed by atoms with van der Waals surface area (Å²) < 4.78 is 5.94. The number of aromatic nitrogens is 1. The highest BCUT2D eigenvalue weighted by Gasteiger charge is 2.35. The van der Waals surface area contributed by atoms with Crippen LogP contribution in [0.2, 0.25) is 0 Å². The normalized spacial score (nSPS) is 17.0. The number of nitrogens with zero attached hydrogens (tertiary/aromatic N) is 3. The number of amides is 2. The lowest BCUT2D eigenvalue weighted by Gasteiger charge is -2.40. The second-order valence-electron chi connectivity index (χ2n) is 10.1. The highest BCUT2D eigenvalue weighted by atomic mass is 16.6. The second-order valence-corrected chi connectivity index (χ2v) is 10.1. The first-order valence-corrected chi connectivity index (χ1v) is 12.8. The van der Waals surface area contributed by atoms with E-state index in [1.54, 1.807) is 16.7 Å². The molecule has 6 nitrogen and oxygen atoms in total. The largest absolute Gasteiger partial charge is 0.419 e. The van der Waals surface area contributed by atoms with Crippen molar-refractivity contribution in [1.82, 2.24) is 4.98 Å². The number of carbonyl (C=O) groups is 2. The number of pyridine rings is 1. The van der Waals surface area contributed by atoms with Crippen molar-refractivity contribution in [1.29, 1.82) is 0 Å². The number of anilines is 2. The highest BCUT2D eigenvalue weighted by Crippen LogP contribution is 2.40. The van der Waals surface area contributed by atoms with Crippen molar-refractivity contribution < 1.29 is 14.3 Å². The smallest absolute Gasteiger partial charge is 0.409 e. The molecular weight excluding hydrogens is 462 g/mol. The maximum absolute atomic E-state index is 13.6. The zero-order chi connectivity index (χ0) is 25.5. The SMILES string of the molecule is CC(=O)N1c2ccc(-c3ccc(CC4CC4)nc3)cc2N(C(=O)Oc2cccc3ccccc23)C[C@@H]1C. The van der Waals surface area contributed by atoms with E-state index in [9.17, 15) is 9.59 Å². The molecule has 1 fully saturated rings. The number of benzene rings is 3. The first-order chi connectivity index (χ1) is 18.0. The Morgan fingerprint density at radius 1 is 0.946 bits per heavy atom. The van der Waals surface area contributed by atoms with Gasteiger partial charge in [0.15, 0.2) is 0 Å². The van der Waals surface area contributed by atoms with Crippen molar-refractivity contribution in [3.8, 4) is 16.9 Å². The topological polar surface area (TPSA) is 62.7 Å². The molecule has 1 aromatic heterocycles. The van der Waals surface area contributed by atoms with Crippen LogP contribution in [-0.4, -0.2) is 29.6 Å². The Bertz CT molecular complexity index is 1490. The molecule has 1 atom stereocenters. The van der Waals surface area contributed by atoms with Gasteiger partial charge in [0.1, 0.15) is 5.75 Å². The Morgan fingerprint density at radius 2 is 1.73 bits per heavy atom. The summed E-state index contributed by atoms with van der Waals surface area (Å²) in [7, 11) is 0. The molecule has 1 saturated carbocycles. The predicted octanol–water partition coefficient (Wildman–Crippen LogP) is 6.61. The molecule has 4 aromatic rings.